The fourth-order valence-electron chi connectivity index (χ4n) is 2.53. The quantitative estimate of drug-likeness (QED) is 0.839. The van der Waals surface area contributed by atoms with Gasteiger partial charge in [-0.3, -0.25) is 9.78 Å². The van der Waals surface area contributed by atoms with Crippen molar-refractivity contribution in [3.63, 3.8) is 0 Å². The predicted octanol–water partition coefficient (Wildman–Crippen LogP) is 3.28. The van der Waals surface area contributed by atoms with E-state index in [1.54, 1.807) is 31.0 Å². The molecule has 5 heteroatoms. The molecule has 0 aliphatic rings. The summed E-state index contributed by atoms with van der Waals surface area (Å²) < 4.78 is 5.62. The van der Waals surface area contributed by atoms with Crippen molar-refractivity contribution in [2.75, 3.05) is 6.54 Å². The molecule has 5 nitrogen and oxygen atoms in total. The number of aromatic nitrogens is 1. The second-order valence-electron chi connectivity index (χ2n) is 7.04. The lowest BCUT2D eigenvalue weighted by Crippen LogP contribution is -2.41. The fourth-order valence-corrected chi connectivity index (χ4v) is 2.53. The van der Waals surface area contributed by atoms with Crippen LogP contribution in [0.5, 0.6) is 5.75 Å². The Labute approximate surface area is 149 Å². The summed E-state index contributed by atoms with van der Waals surface area (Å²) >= 11 is 0. The van der Waals surface area contributed by atoms with E-state index in [1.807, 2.05) is 44.2 Å². The highest BCUT2D eigenvalue weighted by Crippen LogP contribution is 2.18. The van der Waals surface area contributed by atoms with Gasteiger partial charge < -0.3 is 14.7 Å². The van der Waals surface area contributed by atoms with E-state index in [0.717, 1.165) is 5.56 Å². The number of ether oxygens (including phenoxy) is 1. The Hall–Kier alpha value is -2.40. The largest absolute Gasteiger partial charge is 0.489 e. The highest BCUT2D eigenvalue weighted by molar-refractivity contribution is 5.94. The highest BCUT2D eigenvalue weighted by Gasteiger charge is 2.24. The summed E-state index contributed by atoms with van der Waals surface area (Å²) in [5, 5.41) is 10.2. The smallest absolute Gasteiger partial charge is 0.255 e. The molecule has 0 radical (unpaired) electrons. The van der Waals surface area contributed by atoms with Crippen molar-refractivity contribution in [2.45, 2.75) is 45.9 Å². The second-order valence-corrected chi connectivity index (χ2v) is 7.04. The van der Waals surface area contributed by atoms with Crippen molar-refractivity contribution >= 4 is 5.91 Å². The standard InChI is InChI=1S/C20H26N2O3/c1-15(2)25-18-10-17(11-21-12-18)19(23)22(14-20(3,4)24)13-16-8-6-5-7-9-16/h5-12,15,24H,13-14H2,1-4H3. The van der Waals surface area contributed by atoms with Gasteiger partial charge in [0, 0.05) is 19.3 Å². The van der Waals surface area contributed by atoms with Gasteiger partial charge in [-0.25, -0.2) is 0 Å². The summed E-state index contributed by atoms with van der Waals surface area (Å²) in [5.41, 5.74) is 0.449. The molecule has 1 N–H and O–H groups in total. The second kappa shape index (κ2) is 8.12. The Morgan fingerprint density at radius 1 is 1.24 bits per heavy atom. The van der Waals surface area contributed by atoms with Crippen LogP contribution in [0.1, 0.15) is 43.6 Å². The minimum Gasteiger partial charge on any atom is -0.489 e. The molecule has 0 saturated carbocycles. The van der Waals surface area contributed by atoms with Crippen LogP contribution >= 0.6 is 0 Å². The Morgan fingerprint density at radius 3 is 2.52 bits per heavy atom. The van der Waals surface area contributed by atoms with Gasteiger partial charge in [0.15, 0.2) is 0 Å². The van der Waals surface area contributed by atoms with Crippen LogP contribution in [0, 0.1) is 0 Å². The van der Waals surface area contributed by atoms with Crippen LogP contribution in [0.2, 0.25) is 0 Å². The number of hydrogen-bond acceptors (Lipinski definition) is 4. The number of benzene rings is 1. The minimum absolute atomic E-state index is 0.00366. The van der Waals surface area contributed by atoms with Gasteiger partial charge >= 0.3 is 0 Å². The molecular weight excluding hydrogens is 316 g/mol. The summed E-state index contributed by atoms with van der Waals surface area (Å²) in [5.74, 6) is 0.372. The molecule has 0 aliphatic carbocycles. The Kier molecular flexibility index (Phi) is 6.15. The van der Waals surface area contributed by atoms with Gasteiger partial charge in [0.2, 0.25) is 0 Å². The number of hydrogen-bond donors (Lipinski definition) is 1. The molecule has 25 heavy (non-hydrogen) atoms. The third-order valence-corrected chi connectivity index (χ3v) is 3.41. The highest BCUT2D eigenvalue weighted by atomic mass is 16.5. The van der Waals surface area contributed by atoms with Gasteiger partial charge in [0.05, 0.1) is 23.5 Å². The van der Waals surface area contributed by atoms with E-state index in [1.165, 1.54) is 6.20 Å². The number of pyridine rings is 1. The number of rotatable bonds is 7. The Bertz CT molecular complexity index is 694. The van der Waals surface area contributed by atoms with Gasteiger partial charge in [-0.15, -0.1) is 0 Å². The van der Waals surface area contributed by atoms with Crippen molar-refractivity contribution in [3.05, 3.63) is 59.9 Å². The van der Waals surface area contributed by atoms with Crippen molar-refractivity contribution in [1.29, 1.82) is 0 Å². The number of amides is 1. The molecule has 0 saturated heterocycles. The van der Waals surface area contributed by atoms with E-state index in [4.69, 9.17) is 4.74 Å². The maximum absolute atomic E-state index is 13.0. The van der Waals surface area contributed by atoms with Crippen molar-refractivity contribution in [1.82, 2.24) is 9.88 Å². The SMILES string of the molecule is CC(C)Oc1cncc(C(=O)N(Cc2ccccc2)CC(C)(C)O)c1. The lowest BCUT2D eigenvalue weighted by molar-refractivity contribution is 0.0279. The fraction of sp³-hybridized carbons (Fsp3) is 0.400. The number of aliphatic hydroxyl groups is 1. The van der Waals surface area contributed by atoms with Gasteiger partial charge in [-0.1, -0.05) is 30.3 Å². The van der Waals surface area contributed by atoms with E-state index in [0.29, 0.717) is 17.9 Å². The van der Waals surface area contributed by atoms with Crippen molar-refractivity contribution < 1.29 is 14.6 Å². The Morgan fingerprint density at radius 2 is 1.92 bits per heavy atom. The third-order valence-electron chi connectivity index (χ3n) is 3.41. The van der Waals surface area contributed by atoms with Gasteiger partial charge in [-0.05, 0) is 39.3 Å². The summed E-state index contributed by atoms with van der Waals surface area (Å²) in [7, 11) is 0. The molecule has 1 heterocycles. The summed E-state index contributed by atoms with van der Waals surface area (Å²) in [6, 6.07) is 11.4. The first-order chi connectivity index (χ1) is 11.7. The predicted molar refractivity (Wildman–Crippen MR) is 97.5 cm³/mol. The van der Waals surface area contributed by atoms with E-state index in [2.05, 4.69) is 4.98 Å². The summed E-state index contributed by atoms with van der Waals surface area (Å²) in [6.07, 6.45) is 3.12. The van der Waals surface area contributed by atoms with E-state index in [9.17, 15) is 9.90 Å². The third kappa shape index (κ3) is 6.19. The summed E-state index contributed by atoms with van der Waals surface area (Å²) in [4.78, 5) is 18.7. The number of carbonyl (C=O) groups excluding carboxylic acids is 1. The maximum Gasteiger partial charge on any atom is 0.255 e. The Balaban J connectivity index is 2.25. The van der Waals surface area contributed by atoms with Crippen molar-refractivity contribution in [2.24, 2.45) is 0 Å². The lowest BCUT2D eigenvalue weighted by Gasteiger charge is -2.29. The molecule has 2 rings (SSSR count). The van der Waals surface area contributed by atoms with Gasteiger partial charge in [0.1, 0.15) is 5.75 Å². The van der Waals surface area contributed by atoms with Crippen LogP contribution in [0.3, 0.4) is 0 Å². The average molecular weight is 342 g/mol. The van der Waals surface area contributed by atoms with Crippen LogP contribution in [0.15, 0.2) is 48.8 Å². The van der Waals surface area contributed by atoms with Crippen LogP contribution in [-0.4, -0.2) is 39.1 Å². The molecule has 1 amide bonds. The van der Waals surface area contributed by atoms with E-state index >= 15 is 0 Å². The van der Waals surface area contributed by atoms with E-state index < -0.39 is 5.60 Å². The molecule has 1 aromatic carbocycles. The normalized spacial score (nSPS) is 11.4. The molecule has 0 spiro atoms. The van der Waals surface area contributed by atoms with Crippen LogP contribution < -0.4 is 4.74 Å². The first-order valence-corrected chi connectivity index (χ1v) is 8.42. The lowest BCUT2D eigenvalue weighted by atomic mass is 10.1. The zero-order valence-electron chi connectivity index (χ0n) is 15.3. The van der Waals surface area contributed by atoms with Gasteiger partial charge in [-0.2, -0.15) is 0 Å². The van der Waals surface area contributed by atoms with Crippen LogP contribution in [0.4, 0.5) is 0 Å². The molecule has 2 aromatic rings. The molecule has 0 fully saturated rings. The maximum atomic E-state index is 13.0. The molecule has 134 valence electrons. The molecule has 0 atom stereocenters. The van der Waals surface area contributed by atoms with E-state index in [-0.39, 0.29) is 18.6 Å². The van der Waals surface area contributed by atoms with Crippen LogP contribution in [0.25, 0.3) is 0 Å². The first-order valence-electron chi connectivity index (χ1n) is 8.42. The number of carbonyl (C=O) groups is 1. The number of nitrogens with zero attached hydrogens (tertiary/aromatic N) is 2. The molecular formula is C20H26N2O3. The monoisotopic (exact) mass is 342 g/mol. The zero-order chi connectivity index (χ0) is 18.4. The molecule has 0 aliphatic heterocycles. The summed E-state index contributed by atoms with van der Waals surface area (Å²) in [6.45, 7) is 7.85. The van der Waals surface area contributed by atoms with Crippen molar-refractivity contribution in [3.8, 4) is 5.75 Å². The van der Waals surface area contributed by atoms with Crippen LogP contribution in [-0.2, 0) is 6.54 Å². The molecule has 1 aromatic heterocycles. The molecule has 0 unspecified atom stereocenters. The zero-order valence-corrected chi connectivity index (χ0v) is 15.3. The minimum atomic E-state index is -0.996. The van der Waals surface area contributed by atoms with Gasteiger partial charge in [0.25, 0.3) is 5.91 Å². The first kappa shape index (κ1) is 18.9. The molecule has 0 bridgehead atoms. The topological polar surface area (TPSA) is 62.7 Å². The average Bonchev–Trinajstić information content (AvgIpc) is 2.53.